The second kappa shape index (κ2) is 16.9. The van der Waals surface area contributed by atoms with Crippen molar-refractivity contribution in [2.75, 3.05) is 33.0 Å². The highest BCUT2D eigenvalue weighted by atomic mass is 16.3. The van der Waals surface area contributed by atoms with E-state index in [4.69, 9.17) is 20.4 Å². The van der Waals surface area contributed by atoms with Crippen LogP contribution in [-0.4, -0.2) is 53.5 Å². The molecule has 123 valence electrons. The summed E-state index contributed by atoms with van der Waals surface area (Å²) in [7, 11) is 0. The van der Waals surface area contributed by atoms with E-state index in [1.165, 1.54) is 38.5 Å². The fraction of sp³-hybridized carbons (Fsp3) is 1.00. The Labute approximate surface area is 123 Å². The monoisotopic (exact) mass is 293 g/mol. The van der Waals surface area contributed by atoms with E-state index < -0.39 is 31.8 Å². The molecule has 0 aromatic rings. The van der Waals surface area contributed by atoms with Crippen molar-refractivity contribution in [1.82, 2.24) is 0 Å². The minimum atomic E-state index is -1.11. The van der Waals surface area contributed by atoms with Gasteiger partial charge in [0, 0.05) is 0 Å². The lowest BCUT2D eigenvalue weighted by Gasteiger charge is -2.23. The third kappa shape index (κ3) is 12.8. The molecule has 0 rings (SSSR count). The normalized spacial score (nSPS) is 11.1. The molecule has 0 aliphatic carbocycles. The molecule has 0 aliphatic rings. The summed E-state index contributed by atoms with van der Waals surface area (Å²) in [6, 6.07) is 0. The fourth-order valence-electron chi connectivity index (χ4n) is 1.54. The zero-order chi connectivity index (χ0) is 15.7. The lowest BCUT2D eigenvalue weighted by Crippen LogP contribution is -2.37. The van der Waals surface area contributed by atoms with Crippen LogP contribution in [0.15, 0.2) is 0 Å². The standard InChI is InChI=1S/C10H21O.C5H12O4/c1-2-3-4-5-6-7-8-9-10-11;6-1-5(2-7,3-8)4-9/h2-10H2,1H3;6-9H,1-4H2. The molecule has 4 N–H and O–H groups in total. The third-order valence-electron chi connectivity index (χ3n) is 3.34. The second-order valence-corrected chi connectivity index (χ2v) is 5.31. The van der Waals surface area contributed by atoms with Crippen LogP contribution in [0.1, 0.15) is 58.3 Å². The van der Waals surface area contributed by atoms with Gasteiger partial charge in [-0.05, 0) is 6.42 Å². The summed E-state index contributed by atoms with van der Waals surface area (Å²) in [6.07, 6.45) is 10.1. The molecule has 0 unspecified atom stereocenters. The average molecular weight is 293 g/mol. The summed E-state index contributed by atoms with van der Waals surface area (Å²) in [6.45, 7) is 0.729. The first kappa shape index (κ1) is 22.1. The van der Waals surface area contributed by atoms with Gasteiger partial charge in [-0.15, -0.1) is 0 Å². The minimum absolute atomic E-state index is 0.120. The highest BCUT2D eigenvalue weighted by Gasteiger charge is 2.26. The molecule has 0 aromatic heterocycles. The largest absolute Gasteiger partial charge is 0.396 e. The smallest absolute Gasteiger partial charge is 0.0822 e. The second-order valence-electron chi connectivity index (χ2n) is 5.31. The molecule has 1 radical (unpaired) electrons. The quantitative estimate of drug-likeness (QED) is 0.410. The SMILES string of the molecule is CCCCCCCCCC[O].OCC(CO)(CO)CO. The van der Waals surface area contributed by atoms with E-state index in [0.717, 1.165) is 12.8 Å². The Morgan fingerprint density at radius 2 is 1.00 bits per heavy atom. The maximum atomic E-state index is 10.1. The van der Waals surface area contributed by atoms with Crippen LogP contribution in [0.25, 0.3) is 0 Å². The lowest BCUT2D eigenvalue weighted by atomic mass is 9.93. The third-order valence-corrected chi connectivity index (χ3v) is 3.34. The van der Waals surface area contributed by atoms with Crippen molar-refractivity contribution in [3.05, 3.63) is 0 Å². The van der Waals surface area contributed by atoms with Crippen molar-refractivity contribution in [1.29, 1.82) is 0 Å². The van der Waals surface area contributed by atoms with E-state index in [2.05, 4.69) is 6.92 Å². The Kier molecular flexibility index (Phi) is 18.6. The van der Waals surface area contributed by atoms with E-state index in [1.54, 1.807) is 0 Å². The zero-order valence-electron chi connectivity index (χ0n) is 12.9. The predicted octanol–water partition coefficient (Wildman–Crippen LogP) is 1.50. The number of unbranched alkanes of at least 4 members (excludes halogenated alkanes) is 7. The maximum Gasteiger partial charge on any atom is 0.0822 e. The lowest BCUT2D eigenvalue weighted by molar-refractivity contribution is -0.0328. The molecule has 0 amide bonds. The van der Waals surface area contributed by atoms with E-state index in [9.17, 15) is 5.11 Å². The topological polar surface area (TPSA) is 101 Å². The Bertz CT molecular complexity index is 146. The van der Waals surface area contributed by atoms with Crippen LogP contribution in [-0.2, 0) is 5.11 Å². The minimum Gasteiger partial charge on any atom is -0.396 e. The first-order chi connectivity index (χ1) is 9.66. The van der Waals surface area contributed by atoms with Gasteiger partial charge in [-0.1, -0.05) is 51.9 Å². The van der Waals surface area contributed by atoms with Crippen LogP contribution >= 0.6 is 0 Å². The van der Waals surface area contributed by atoms with Crippen LogP contribution in [0.5, 0.6) is 0 Å². The Morgan fingerprint density at radius 3 is 1.25 bits per heavy atom. The highest BCUT2D eigenvalue weighted by Crippen LogP contribution is 2.11. The van der Waals surface area contributed by atoms with Gasteiger partial charge in [-0.3, -0.25) is 0 Å². The van der Waals surface area contributed by atoms with Gasteiger partial charge in [-0.2, -0.15) is 0 Å². The molecule has 0 atom stereocenters. The molecule has 20 heavy (non-hydrogen) atoms. The fourth-order valence-corrected chi connectivity index (χ4v) is 1.54. The first-order valence-electron chi connectivity index (χ1n) is 7.67. The number of hydrogen-bond donors (Lipinski definition) is 4. The molecular formula is C15H33O5. The molecule has 0 aromatic carbocycles. The molecule has 0 fully saturated rings. The Balaban J connectivity index is 0. The van der Waals surface area contributed by atoms with Crippen molar-refractivity contribution in [2.45, 2.75) is 58.3 Å². The van der Waals surface area contributed by atoms with Crippen molar-refractivity contribution in [3.8, 4) is 0 Å². The van der Waals surface area contributed by atoms with Crippen LogP contribution in [0, 0.1) is 5.41 Å². The molecule has 0 heterocycles. The number of aliphatic hydroxyl groups is 4. The molecule has 0 bridgehead atoms. The number of hydrogen-bond acceptors (Lipinski definition) is 4. The van der Waals surface area contributed by atoms with Crippen molar-refractivity contribution >= 4 is 0 Å². The summed E-state index contributed by atoms with van der Waals surface area (Å²) < 4.78 is 0. The first-order valence-corrected chi connectivity index (χ1v) is 7.67. The van der Waals surface area contributed by atoms with E-state index in [1.807, 2.05) is 0 Å². The van der Waals surface area contributed by atoms with Crippen molar-refractivity contribution in [2.24, 2.45) is 5.41 Å². The van der Waals surface area contributed by atoms with Crippen LogP contribution in [0.3, 0.4) is 0 Å². The average Bonchev–Trinajstić information content (AvgIpc) is 2.50. The molecule has 5 nitrogen and oxygen atoms in total. The summed E-state index contributed by atoms with van der Waals surface area (Å²) in [4.78, 5) is 0. The van der Waals surface area contributed by atoms with Crippen molar-refractivity contribution in [3.63, 3.8) is 0 Å². The highest BCUT2D eigenvalue weighted by molar-refractivity contribution is 4.74. The molecule has 0 spiro atoms. The van der Waals surface area contributed by atoms with Gasteiger partial charge in [0.15, 0.2) is 0 Å². The molecule has 5 heteroatoms. The van der Waals surface area contributed by atoms with Gasteiger partial charge in [0.1, 0.15) is 0 Å². The van der Waals surface area contributed by atoms with Crippen LogP contribution < -0.4 is 0 Å². The van der Waals surface area contributed by atoms with E-state index >= 15 is 0 Å². The number of rotatable bonds is 12. The van der Waals surface area contributed by atoms with Gasteiger partial charge >= 0.3 is 0 Å². The van der Waals surface area contributed by atoms with Crippen LogP contribution in [0.2, 0.25) is 0 Å². The molecule has 0 saturated carbocycles. The zero-order valence-corrected chi connectivity index (χ0v) is 12.9. The van der Waals surface area contributed by atoms with E-state index in [0.29, 0.717) is 0 Å². The number of aliphatic hydroxyl groups excluding tert-OH is 4. The van der Waals surface area contributed by atoms with Gasteiger partial charge in [0.25, 0.3) is 0 Å². The Morgan fingerprint density at radius 1 is 0.650 bits per heavy atom. The van der Waals surface area contributed by atoms with Gasteiger partial charge in [0.05, 0.1) is 38.4 Å². The van der Waals surface area contributed by atoms with Gasteiger partial charge in [0.2, 0.25) is 0 Å². The molecule has 0 saturated heterocycles. The van der Waals surface area contributed by atoms with Gasteiger partial charge in [-0.25, -0.2) is 5.11 Å². The Hall–Kier alpha value is -0.200. The summed E-state index contributed by atoms with van der Waals surface area (Å²) in [5, 5.41) is 44.1. The van der Waals surface area contributed by atoms with Gasteiger partial charge < -0.3 is 20.4 Å². The van der Waals surface area contributed by atoms with Crippen LogP contribution in [0.4, 0.5) is 0 Å². The maximum absolute atomic E-state index is 10.1. The summed E-state index contributed by atoms with van der Waals surface area (Å²) in [5.74, 6) is 0. The predicted molar refractivity (Wildman–Crippen MR) is 78.9 cm³/mol. The van der Waals surface area contributed by atoms with Crippen molar-refractivity contribution < 1.29 is 25.5 Å². The molecule has 0 aliphatic heterocycles. The summed E-state index contributed by atoms with van der Waals surface area (Å²) in [5.41, 5.74) is -1.11. The molecular weight excluding hydrogens is 260 g/mol. The van der Waals surface area contributed by atoms with E-state index in [-0.39, 0.29) is 6.61 Å². The summed E-state index contributed by atoms with van der Waals surface area (Å²) >= 11 is 0.